The molecule has 0 aliphatic carbocycles. The van der Waals surface area contributed by atoms with E-state index in [1.165, 1.54) is 0 Å². The van der Waals surface area contributed by atoms with Crippen LogP contribution >= 0.6 is 0 Å². The lowest BCUT2D eigenvalue weighted by Crippen LogP contribution is -2.23. The molecule has 0 heterocycles. The van der Waals surface area contributed by atoms with E-state index in [2.05, 4.69) is 0 Å². The first-order valence-corrected chi connectivity index (χ1v) is 4.79. The van der Waals surface area contributed by atoms with E-state index in [4.69, 9.17) is 5.11 Å². The number of rotatable bonds is 3. The van der Waals surface area contributed by atoms with Gasteiger partial charge in [-0.05, 0) is 12.5 Å². The van der Waals surface area contributed by atoms with Gasteiger partial charge in [0.1, 0.15) is 6.17 Å². The lowest BCUT2D eigenvalue weighted by molar-refractivity contribution is 0.0664. The van der Waals surface area contributed by atoms with Crippen LogP contribution in [-0.2, 0) is 0 Å². The number of alkyl halides is 1. The van der Waals surface area contributed by atoms with Crippen molar-refractivity contribution in [3.8, 4) is 0 Å². The summed E-state index contributed by atoms with van der Waals surface area (Å²) in [7, 11) is 0. The molecule has 1 unspecified atom stereocenters. The summed E-state index contributed by atoms with van der Waals surface area (Å²) in [4.78, 5) is 0. The van der Waals surface area contributed by atoms with E-state index < -0.39 is 11.6 Å². The average molecular weight is 196 g/mol. The molecule has 0 saturated carbocycles. The van der Waals surface area contributed by atoms with E-state index in [1.54, 1.807) is 26.0 Å². The highest BCUT2D eigenvalue weighted by Gasteiger charge is 2.29. The number of halogens is 1. The summed E-state index contributed by atoms with van der Waals surface area (Å²) in [5.74, 6) is 0. The molecule has 0 radical (unpaired) electrons. The Bertz CT molecular complexity index is 290. The first-order valence-electron chi connectivity index (χ1n) is 4.79. The highest BCUT2D eigenvalue weighted by molar-refractivity contribution is 5.24. The third-order valence-corrected chi connectivity index (χ3v) is 2.46. The van der Waals surface area contributed by atoms with Gasteiger partial charge in [-0.1, -0.05) is 43.7 Å². The van der Waals surface area contributed by atoms with Crippen LogP contribution in [0.4, 0.5) is 4.39 Å². The minimum absolute atomic E-state index is 0.151. The average Bonchev–Trinajstić information content (AvgIpc) is 2.18. The molecule has 1 rings (SSSR count). The van der Waals surface area contributed by atoms with Crippen molar-refractivity contribution in [1.82, 2.24) is 0 Å². The second-order valence-electron chi connectivity index (χ2n) is 4.42. The van der Waals surface area contributed by atoms with Crippen LogP contribution in [0.25, 0.3) is 0 Å². The third-order valence-electron chi connectivity index (χ3n) is 2.46. The quantitative estimate of drug-likeness (QED) is 0.787. The van der Waals surface area contributed by atoms with Crippen LogP contribution in [0.3, 0.4) is 0 Å². The van der Waals surface area contributed by atoms with Crippen LogP contribution in [0.5, 0.6) is 0 Å². The summed E-state index contributed by atoms with van der Waals surface area (Å²) in [6.45, 7) is 5.26. The van der Waals surface area contributed by atoms with E-state index in [-0.39, 0.29) is 6.61 Å². The molecule has 1 aromatic rings. The minimum Gasteiger partial charge on any atom is -0.396 e. The summed E-state index contributed by atoms with van der Waals surface area (Å²) < 4.78 is 13.9. The molecule has 1 nitrogen and oxygen atoms in total. The molecule has 0 fully saturated rings. The van der Waals surface area contributed by atoms with Gasteiger partial charge in [0.15, 0.2) is 0 Å². The number of aliphatic hydroxyl groups is 1. The van der Waals surface area contributed by atoms with Crippen molar-refractivity contribution < 1.29 is 9.50 Å². The maximum absolute atomic E-state index is 13.9. The van der Waals surface area contributed by atoms with Crippen molar-refractivity contribution in [3.63, 3.8) is 0 Å². The van der Waals surface area contributed by atoms with Crippen LogP contribution in [0.2, 0.25) is 0 Å². The fourth-order valence-corrected chi connectivity index (χ4v) is 1.27. The zero-order valence-electron chi connectivity index (χ0n) is 8.92. The van der Waals surface area contributed by atoms with Gasteiger partial charge in [0.2, 0.25) is 0 Å². The van der Waals surface area contributed by atoms with Crippen molar-refractivity contribution in [2.24, 2.45) is 5.41 Å². The molecule has 1 aromatic carbocycles. The monoisotopic (exact) mass is 196 g/mol. The largest absolute Gasteiger partial charge is 0.396 e. The number of aryl methyl sites for hydroxylation is 1. The van der Waals surface area contributed by atoms with Gasteiger partial charge in [0.05, 0.1) is 6.61 Å². The van der Waals surface area contributed by atoms with Gasteiger partial charge in [-0.2, -0.15) is 0 Å². The summed E-state index contributed by atoms with van der Waals surface area (Å²) >= 11 is 0. The summed E-state index contributed by atoms with van der Waals surface area (Å²) in [6.07, 6.45) is -1.12. The molecule has 2 heteroatoms. The summed E-state index contributed by atoms with van der Waals surface area (Å²) in [6, 6.07) is 7.32. The topological polar surface area (TPSA) is 20.2 Å². The van der Waals surface area contributed by atoms with Gasteiger partial charge >= 0.3 is 0 Å². The van der Waals surface area contributed by atoms with Crippen LogP contribution in [0, 0.1) is 12.3 Å². The van der Waals surface area contributed by atoms with Gasteiger partial charge in [-0.3, -0.25) is 0 Å². The highest BCUT2D eigenvalue weighted by atomic mass is 19.1. The normalized spacial score (nSPS) is 14.1. The summed E-state index contributed by atoms with van der Waals surface area (Å²) in [5.41, 5.74) is 1.03. The molecule has 0 spiro atoms. The molecule has 78 valence electrons. The van der Waals surface area contributed by atoms with Crippen molar-refractivity contribution in [2.75, 3.05) is 6.61 Å². The van der Waals surface area contributed by atoms with Crippen molar-refractivity contribution in [2.45, 2.75) is 26.9 Å². The molecule has 1 atom stereocenters. The van der Waals surface area contributed by atoms with E-state index in [9.17, 15) is 4.39 Å². The van der Waals surface area contributed by atoms with Crippen LogP contribution in [0.1, 0.15) is 31.1 Å². The molecule has 0 aliphatic rings. The van der Waals surface area contributed by atoms with Gasteiger partial charge < -0.3 is 5.11 Å². The maximum Gasteiger partial charge on any atom is 0.132 e. The first kappa shape index (κ1) is 11.2. The predicted molar refractivity (Wildman–Crippen MR) is 55.9 cm³/mol. The maximum atomic E-state index is 13.9. The molecule has 14 heavy (non-hydrogen) atoms. The Kier molecular flexibility index (Phi) is 3.27. The van der Waals surface area contributed by atoms with Crippen LogP contribution in [-0.4, -0.2) is 11.7 Å². The Balaban J connectivity index is 2.89. The number of hydrogen-bond acceptors (Lipinski definition) is 1. The second kappa shape index (κ2) is 4.09. The summed E-state index contributed by atoms with van der Waals surface area (Å²) in [5, 5.41) is 9.04. The Labute approximate surface area is 84.6 Å². The number of hydrogen-bond donors (Lipinski definition) is 1. The fourth-order valence-electron chi connectivity index (χ4n) is 1.27. The Morgan fingerprint density at radius 3 is 2.21 bits per heavy atom. The highest BCUT2D eigenvalue weighted by Crippen LogP contribution is 2.36. The Morgan fingerprint density at radius 1 is 1.29 bits per heavy atom. The third kappa shape index (κ3) is 2.32. The van der Waals surface area contributed by atoms with Gasteiger partial charge in [-0.25, -0.2) is 4.39 Å². The second-order valence-corrected chi connectivity index (χ2v) is 4.42. The molecule has 0 aliphatic heterocycles. The molecule has 0 bridgehead atoms. The predicted octanol–water partition coefficient (Wildman–Crippen LogP) is 3.02. The van der Waals surface area contributed by atoms with Crippen LogP contribution in [0.15, 0.2) is 24.3 Å². The smallest absolute Gasteiger partial charge is 0.132 e. The van der Waals surface area contributed by atoms with E-state index in [1.807, 2.05) is 19.1 Å². The van der Waals surface area contributed by atoms with E-state index >= 15 is 0 Å². The molecule has 0 saturated heterocycles. The molecule has 0 aromatic heterocycles. The molecule has 0 amide bonds. The zero-order chi connectivity index (χ0) is 10.8. The lowest BCUT2D eigenvalue weighted by atomic mass is 9.84. The number of aliphatic hydroxyl groups excluding tert-OH is 1. The SMILES string of the molecule is Cc1ccc(C(F)C(C)(C)CO)cc1. The Hall–Kier alpha value is -0.890. The minimum atomic E-state index is -1.12. The standard InChI is InChI=1S/C12H17FO/c1-9-4-6-10(7-5-9)11(13)12(2,3)8-14/h4-7,11,14H,8H2,1-3H3. The zero-order valence-corrected chi connectivity index (χ0v) is 8.92. The van der Waals surface area contributed by atoms with Gasteiger partial charge in [0, 0.05) is 5.41 Å². The first-order chi connectivity index (χ1) is 6.47. The van der Waals surface area contributed by atoms with Crippen molar-refractivity contribution in [3.05, 3.63) is 35.4 Å². The van der Waals surface area contributed by atoms with Gasteiger partial charge in [-0.15, -0.1) is 0 Å². The van der Waals surface area contributed by atoms with Crippen molar-refractivity contribution >= 4 is 0 Å². The molecular formula is C12H17FO. The number of benzene rings is 1. The molecular weight excluding hydrogens is 179 g/mol. The van der Waals surface area contributed by atoms with Crippen LogP contribution < -0.4 is 0 Å². The van der Waals surface area contributed by atoms with Crippen molar-refractivity contribution in [1.29, 1.82) is 0 Å². The molecule has 1 N–H and O–H groups in total. The van der Waals surface area contributed by atoms with E-state index in [0.29, 0.717) is 5.56 Å². The van der Waals surface area contributed by atoms with E-state index in [0.717, 1.165) is 5.56 Å². The Morgan fingerprint density at radius 2 is 1.79 bits per heavy atom. The lowest BCUT2D eigenvalue weighted by Gasteiger charge is -2.26. The fraction of sp³-hybridized carbons (Fsp3) is 0.500. The van der Waals surface area contributed by atoms with Gasteiger partial charge in [0.25, 0.3) is 0 Å².